The summed E-state index contributed by atoms with van der Waals surface area (Å²) in [5.74, 6) is -9.27. The van der Waals surface area contributed by atoms with E-state index in [1.165, 1.54) is 25.1 Å². The summed E-state index contributed by atoms with van der Waals surface area (Å²) in [4.78, 5) is 82.4. The van der Waals surface area contributed by atoms with Gasteiger partial charge in [-0.1, -0.05) is 13.8 Å². The second kappa shape index (κ2) is 15.1. The van der Waals surface area contributed by atoms with E-state index >= 15 is 0 Å². The Hall–Kier alpha value is -5.16. The number of ketones is 2. The maximum absolute atomic E-state index is 14.2. The Kier molecular flexibility index (Phi) is 11.5. The minimum atomic E-state index is -2.81. The van der Waals surface area contributed by atoms with Crippen LogP contribution < -0.4 is 16.0 Å². The van der Waals surface area contributed by atoms with E-state index in [1.54, 1.807) is 39.8 Å². The summed E-state index contributed by atoms with van der Waals surface area (Å²) in [6.07, 6.45) is -0.0271. The monoisotopic (exact) mass is 743 g/mol. The summed E-state index contributed by atoms with van der Waals surface area (Å²) in [7, 11) is 6.40. The molecular weight excluding hydrogens is 694 g/mol. The van der Waals surface area contributed by atoms with Gasteiger partial charge in [0.05, 0.1) is 22.7 Å². The van der Waals surface area contributed by atoms with Gasteiger partial charge in [-0.25, -0.2) is 4.79 Å². The Morgan fingerprint density at radius 1 is 1.06 bits per heavy atom. The van der Waals surface area contributed by atoms with Crippen molar-refractivity contribution in [3.63, 3.8) is 0 Å². The SMILES string of the molecule is CCCN(CC(=O)Nc1cc(N(C)C)c2c(c1O)C(O)=C1C(=O)[C@]3(O)C(O)=C(C(N)=O)C(=O)[C@@H](N(C)C)[C@@H]3C[C@@H]1C2)C(=O)OCOC(=O)C(C)(C)CC. The number of benzene rings is 1. The molecule has 0 bridgehead atoms. The second-order valence-corrected chi connectivity index (χ2v) is 14.7. The number of hydrogen-bond acceptors (Lipinski definition) is 14. The number of esters is 1. The molecule has 17 heteroatoms. The molecule has 0 aliphatic heterocycles. The van der Waals surface area contributed by atoms with Crippen molar-refractivity contribution in [2.75, 3.05) is 58.3 Å². The molecule has 0 saturated heterocycles. The average molecular weight is 744 g/mol. The predicted molar refractivity (Wildman–Crippen MR) is 191 cm³/mol. The van der Waals surface area contributed by atoms with Crippen LogP contribution in [0.5, 0.6) is 5.75 Å². The number of hydrogen-bond donors (Lipinski definition) is 6. The second-order valence-electron chi connectivity index (χ2n) is 14.7. The number of phenolic OH excluding ortho intramolecular Hbond substituents is 1. The lowest BCUT2D eigenvalue weighted by Crippen LogP contribution is -2.65. The summed E-state index contributed by atoms with van der Waals surface area (Å²) in [5, 5.41) is 48.8. The Balaban J connectivity index is 1.69. The number of nitrogens with zero attached hydrogens (tertiary/aromatic N) is 3. The molecule has 290 valence electrons. The molecule has 0 unspecified atom stereocenters. The Morgan fingerprint density at radius 3 is 2.25 bits per heavy atom. The van der Waals surface area contributed by atoms with Crippen LogP contribution in [0, 0.1) is 17.3 Å². The first kappa shape index (κ1) is 40.6. The largest absolute Gasteiger partial charge is 0.508 e. The van der Waals surface area contributed by atoms with Gasteiger partial charge in [0, 0.05) is 37.8 Å². The van der Waals surface area contributed by atoms with Crippen LogP contribution in [0.2, 0.25) is 0 Å². The third kappa shape index (κ3) is 7.14. The zero-order valence-corrected chi connectivity index (χ0v) is 31.2. The number of Topliss-reactive ketones (excluding diaryl/α,β-unsaturated/α-hetero) is 2. The van der Waals surface area contributed by atoms with Crippen LogP contribution in [-0.2, 0) is 39.9 Å². The van der Waals surface area contributed by atoms with E-state index in [-0.39, 0.29) is 36.2 Å². The van der Waals surface area contributed by atoms with E-state index in [9.17, 15) is 49.2 Å². The summed E-state index contributed by atoms with van der Waals surface area (Å²) in [5.41, 5.74) is 0.976. The fourth-order valence-electron chi connectivity index (χ4n) is 7.22. The Morgan fingerprint density at radius 2 is 1.70 bits per heavy atom. The van der Waals surface area contributed by atoms with Gasteiger partial charge in [-0.3, -0.25) is 33.8 Å². The van der Waals surface area contributed by atoms with E-state index < -0.39 is 101 Å². The lowest BCUT2D eigenvalue weighted by Gasteiger charge is -2.50. The molecule has 7 N–H and O–H groups in total. The maximum atomic E-state index is 14.2. The zero-order chi connectivity index (χ0) is 39.9. The molecule has 53 heavy (non-hydrogen) atoms. The summed E-state index contributed by atoms with van der Waals surface area (Å²) in [6, 6.07) is 0.239. The first-order valence-electron chi connectivity index (χ1n) is 17.2. The van der Waals surface area contributed by atoms with Gasteiger partial charge in [-0.2, -0.15) is 0 Å². The van der Waals surface area contributed by atoms with Crippen LogP contribution in [0.4, 0.5) is 16.2 Å². The van der Waals surface area contributed by atoms with Crippen molar-refractivity contribution >= 4 is 52.6 Å². The van der Waals surface area contributed by atoms with Crippen LogP contribution in [0.25, 0.3) is 5.76 Å². The Bertz CT molecular complexity index is 1800. The van der Waals surface area contributed by atoms with E-state index in [1.807, 2.05) is 6.92 Å². The molecule has 1 fully saturated rings. The number of fused-ring (bicyclic) bond motifs is 3. The highest BCUT2D eigenvalue weighted by Crippen LogP contribution is 2.54. The first-order valence-corrected chi connectivity index (χ1v) is 17.2. The molecule has 4 rings (SSSR count). The number of amides is 3. The highest BCUT2D eigenvalue weighted by atomic mass is 16.7. The molecule has 3 amide bonds. The number of phenols is 1. The fourth-order valence-corrected chi connectivity index (χ4v) is 7.22. The van der Waals surface area contributed by atoms with Crippen LogP contribution in [-0.4, -0.2) is 125 Å². The van der Waals surface area contributed by atoms with E-state index in [0.29, 0.717) is 24.1 Å². The Labute approximate surface area is 307 Å². The standard InChI is InChI=1S/C36H49N5O12/c1-9-11-41(34(50)53-16-52-33(49)35(3,4)10-2)15-22(42)38-20-14-21(39(5)6)18-12-17-13-19-26(40(7)8)29(45)25(32(37)48)31(47)36(19,51)30(46)23(17)28(44)24(18)27(20)43/h14,17,19,26,43-44,47,51H,9-13,15-16H2,1-8H3,(H2,37,48)(H,38,42)/t17-,19-,26-,36-/m0/s1. The van der Waals surface area contributed by atoms with E-state index in [2.05, 4.69) is 5.32 Å². The van der Waals surface area contributed by atoms with Crippen LogP contribution in [0.15, 0.2) is 23.0 Å². The van der Waals surface area contributed by atoms with Gasteiger partial charge >= 0.3 is 12.1 Å². The van der Waals surface area contributed by atoms with Crippen molar-refractivity contribution < 1.29 is 58.7 Å². The maximum Gasteiger partial charge on any atom is 0.413 e. The molecule has 0 spiro atoms. The molecule has 0 radical (unpaired) electrons. The topological polar surface area (TPSA) is 250 Å². The normalized spacial score (nSPS) is 22.5. The number of primary amides is 1. The highest BCUT2D eigenvalue weighted by Gasteiger charge is 2.64. The van der Waals surface area contributed by atoms with Gasteiger partial charge in [-0.15, -0.1) is 0 Å². The number of likely N-dealkylation sites (N-methyl/N-ethyl adjacent to an activating group) is 1. The van der Waals surface area contributed by atoms with Gasteiger partial charge in [0.1, 0.15) is 29.4 Å². The third-order valence-corrected chi connectivity index (χ3v) is 10.3. The van der Waals surface area contributed by atoms with Crippen molar-refractivity contribution in [2.45, 2.75) is 65.0 Å². The molecule has 1 aromatic rings. The molecule has 17 nitrogen and oxygen atoms in total. The fraction of sp³-hybridized carbons (Fsp3) is 0.556. The third-order valence-electron chi connectivity index (χ3n) is 10.3. The lowest BCUT2D eigenvalue weighted by atomic mass is 9.57. The molecule has 0 heterocycles. The number of rotatable bonds is 12. The van der Waals surface area contributed by atoms with E-state index in [0.717, 1.165) is 4.90 Å². The zero-order valence-electron chi connectivity index (χ0n) is 31.2. The quantitative estimate of drug-likeness (QED) is 0.0773. The van der Waals surface area contributed by atoms with Gasteiger partial charge in [-0.05, 0) is 71.2 Å². The van der Waals surface area contributed by atoms with Crippen molar-refractivity contribution in [1.29, 1.82) is 0 Å². The van der Waals surface area contributed by atoms with Crippen LogP contribution in [0.1, 0.15) is 58.1 Å². The van der Waals surface area contributed by atoms with Gasteiger partial charge in [0.25, 0.3) is 5.91 Å². The minimum absolute atomic E-state index is 0.0416. The molecule has 3 aliphatic carbocycles. The summed E-state index contributed by atoms with van der Waals surface area (Å²) >= 11 is 0. The number of nitrogens with two attached hydrogens (primary N) is 1. The minimum Gasteiger partial charge on any atom is -0.508 e. The van der Waals surface area contributed by atoms with Crippen molar-refractivity contribution in [3.8, 4) is 5.75 Å². The van der Waals surface area contributed by atoms with E-state index in [4.69, 9.17) is 15.2 Å². The number of carbonyl (C=O) groups excluding carboxylic acids is 6. The average Bonchev–Trinajstić information content (AvgIpc) is 3.06. The number of anilines is 2. The number of nitrogens with one attached hydrogen (secondary N) is 1. The molecule has 1 aromatic carbocycles. The van der Waals surface area contributed by atoms with Gasteiger partial charge in [0.15, 0.2) is 11.4 Å². The van der Waals surface area contributed by atoms with Crippen molar-refractivity contribution in [2.24, 2.45) is 23.0 Å². The molecule has 0 aromatic heterocycles. The molecule has 1 saturated carbocycles. The molecule has 4 atom stereocenters. The van der Waals surface area contributed by atoms with Crippen LogP contribution >= 0.6 is 0 Å². The van der Waals surface area contributed by atoms with Gasteiger partial charge in [0.2, 0.25) is 18.5 Å². The van der Waals surface area contributed by atoms with Crippen molar-refractivity contribution in [3.05, 3.63) is 34.1 Å². The van der Waals surface area contributed by atoms with Gasteiger partial charge < -0.3 is 45.9 Å². The highest BCUT2D eigenvalue weighted by molar-refractivity contribution is 6.24. The number of ether oxygens (including phenoxy) is 2. The summed E-state index contributed by atoms with van der Waals surface area (Å²) < 4.78 is 10.2. The predicted octanol–water partition coefficient (Wildman–Crippen LogP) is 1.75. The number of aliphatic hydroxyl groups is 3. The number of aliphatic hydroxyl groups excluding tert-OH is 2. The molecule has 3 aliphatic rings. The summed E-state index contributed by atoms with van der Waals surface area (Å²) in [6.45, 7) is 5.86. The number of aromatic hydroxyl groups is 1. The number of carbonyl (C=O) groups is 6. The lowest BCUT2D eigenvalue weighted by molar-refractivity contribution is -0.163. The molecular formula is C36H49N5O12. The van der Waals surface area contributed by atoms with Crippen molar-refractivity contribution in [1.82, 2.24) is 9.80 Å². The smallest absolute Gasteiger partial charge is 0.413 e. The van der Waals surface area contributed by atoms with Crippen LogP contribution in [0.3, 0.4) is 0 Å². The first-order chi connectivity index (χ1) is 24.6.